The molecule has 0 aliphatic heterocycles. The standard InChI is InChI=1S/C47H91NO5/c1-3-5-7-9-11-13-15-16-17-18-19-20-21-22-23-24-25-26-27-28-29-30-31-33-34-36-38-40-44(50)46(52)43(42-49)48-47(53)45(51)41-39-37-35-32-14-12-10-8-6-4-2/h28-29,33-34,43-46,49-52H,3-27,30-32,35-42H2,1-2H3,(H,48,53)/b29-28+,34-33+. The SMILES string of the molecule is CCCCCCCCCCCCCCCCCCCC/C=C/CC/C=C/CCCC(O)C(O)C(CO)NC(=O)C(O)CCCCCCCCCCCC. The number of carbonyl (C=O) groups is 1. The van der Waals surface area contributed by atoms with Gasteiger partial charge in [0.25, 0.3) is 0 Å². The van der Waals surface area contributed by atoms with Crippen LogP contribution < -0.4 is 5.32 Å². The summed E-state index contributed by atoms with van der Waals surface area (Å²) >= 11 is 0. The molecule has 1 amide bonds. The van der Waals surface area contributed by atoms with E-state index in [9.17, 15) is 25.2 Å². The summed E-state index contributed by atoms with van der Waals surface area (Å²) in [7, 11) is 0. The molecule has 6 nitrogen and oxygen atoms in total. The molecule has 0 saturated carbocycles. The summed E-state index contributed by atoms with van der Waals surface area (Å²) in [6.07, 6.45) is 48.1. The second kappa shape index (κ2) is 41.9. The molecule has 6 heteroatoms. The van der Waals surface area contributed by atoms with Gasteiger partial charge in [-0.2, -0.15) is 0 Å². The van der Waals surface area contributed by atoms with Crippen molar-refractivity contribution in [1.29, 1.82) is 0 Å². The number of allylic oxidation sites excluding steroid dienone is 4. The average molecular weight is 750 g/mol. The smallest absolute Gasteiger partial charge is 0.249 e. The molecule has 4 atom stereocenters. The molecular weight excluding hydrogens is 659 g/mol. The highest BCUT2D eigenvalue weighted by Gasteiger charge is 2.28. The minimum atomic E-state index is -1.29. The maximum atomic E-state index is 12.4. The zero-order valence-electron chi connectivity index (χ0n) is 35.3. The Kier molecular flexibility index (Phi) is 41.0. The molecule has 0 aliphatic rings. The number of hydrogen-bond acceptors (Lipinski definition) is 5. The van der Waals surface area contributed by atoms with Crippen molar-refractivity contribution in [3.63, 3.8) is 0 Å². The zero-order chi connectivity index (χ0) is 38.9. The van der Waals surface area contributed by atoms with Crippen LogP contribution in [-0.2, 0) is 4.79 Å². The van der Waals surface area contributed by atoms with Crippen molar-refractivity contribution in [2.45, 2.75) is 263 Å². The number of rotatable bonds is 42. The Labute approximate surface area is 329 Å². The van der Waals surface area contributed by atoms with Crippen LogP contribution in [0.2, 0.25) is 0 Å². The molecule has 0 saturated heterocycles. The van der Waals surface area contributed by atoms with Crippen molar-refractivity contribution in [3.05, 3.63) is 24.3 Å². The molecule has 0 radical (unpaired) electrons. The van der Waals surface area contributed by atoms with Crippen LogP contribution in [-0.4, -0.2) is 57.3 Å². The summed E-state index contributed by atoms with van der Waals surface area (Å²) in [5.74, 6) is -0.599. The first-order valence-corrected chi connectivity index (χ1v) is 23.2. The molecule has 53 heavy (non-hydrogen) atoms. The van der Waals surface area contributed by atoms with E-state index in [4.69, 9.17) is 0 Å². The fourth-order valence-corrected chi connectivity index (χ4v) is 7.19. The molecule has 0 rings (SSSR count). The van der Waals surface area contributed by atoms with Gasteiger partial charge in [0.2, 0.25) is 5.91 Å². The van der Waals surface area contributed by atoms with Gasteiger partial charge in [0, 0.05) is 0 Å². The first kappa shape index (κ1) is 51.8. The van der Waals surface area contributed by atoms with Gasteiger partial charge in [-0.05, 0) is 51.4 Å². The van der Waals surface area contributed by atoms with E-state index < -0.39 is 36.9 Å². The van der Waals surface area contributed by atoms with Gasteiger partial charge in [-0.1, -0.05) is 212 Å². The molecule has 0 aromatic rings. The van der Waals surface area contributed by atoms with Crippen LogP contribution in [0.25, 0.3) is 0 Å². The predicted molar refractivity (Wildman–Crippen MR) is 228 cm³/mol. The summed E-state index contributed by atoms with van der Waals surface area (Å²) in [4.78, 5) is 12.4. The number of aliphatic hydroxyl groups excluding tert-OH is 4. The molecule has 0 aliphatic carbocycles. The van der Waals surface area contributed by atoms with Crippen LogP contribution >= 0.6 is 0 Å². The highest BCUT2D eigenvalue weighted by Crippen LogP contribution is 2.16. The van der Waals surface area contributed by atoms with Crippen molar-refractivity contribution >= 4 is 5.91 Å². The van der Waals surface area contributed by atoms with Crippen molar-refractivity contribution in [1.82, 2.24) is 5.32 Å². The molecule has 0 aromatic heterocycles. The van der Waals surface area contributed by atoms with Crippen molar-refractivity contribution in [3.8, 4) is 0 Å². The van der Waals surface area contributed by atoms with Crippen LogP contribution in [0.1, 0.15) is 239 Å². The second-order valence-corrected chi connectivity index (χ2v) is 16.1. The highest BCUT2D eigenvalue weighted by molar-refractivity contribution is 5.80. The van der Waals surface area contributed by atoms with Gasteiger partial charge in [0.05, 0.1) is 18.8 Å². The van der Waals surface area contributed by atoms with E-state index in [-0.39, 0.29) is 0 Å². The van der Waals surface area contributed by atoms with Crippen LogP contribution in [0.15, 0.2) is 24.3 Å². The van der Waals surface area contributed by atoms with E-state index in [1.807, 2.05) is 0 Å². The fourth-order valence-electron chi connectivity index (χ4n) is 7.19. The Bertz CT molecular complexity index is 802. The van der Waals surface area contributed by atoms with Gasteiger partial charge in [-0.3, -0.25) is 4.79 Å². The largest absolute Gasteiger partial charge is 0.394 e. The lowest BCUT2D eigenvalue weighted by molar-refractivity contribution is -0.132. The maximum absolute atomic E-state index is 12.4. The molecule has 0 aromatic carbocycles. The highest BCUT2D eigenvalue weighted by atomic mass is 16.3. The number of unbranched alkanes of at least 4 members (excludes halogenated alkanes) is 29. The summed E-state index contributed by atoms with van der Waals surface area (Å²) in [5.41, 5.74) is 0. The van der Waals surface area contributed by atoms with Crippen molar-refractivity contribution < 1.29 is 25.2 Å². The summed E-state index contributed by atoms with van der Waals surface area (Å²) < 4.78 is 0. The number of hydrogen-bond donors (Lipinski definition) is 5. The topological polar surface area (TPSA) is 110 Å². The molecule has 5 N–H and O–H groups in total. The van der Waals surface area contributed by atoms with Crippen LogP contribution in [0.5, 0.6) is 0 Å². The van der Waals surface area contributed by atoms with Gasteiger partial charge in [0.1, 0.15) is 12.2 Å². The number of carbonyl (C=O) groups excluding carboxylic acids is 1. The van der Waals surface area contributed by atoms with Gasteiger partial charge in [-0.25, -0.2) is 0 Å². The molecular formula is C47H91NO5. The van der Waals surface area contributed by atoms with Crippen LogP contribution in [0, 0.1) is 0 Å². The summed E-state index contributed by atoms with van der Waals surface area (Å²) in [6, 6.07) is -1.00. The van der Waals surface area contributed by atoms with Gasteiger partial charge in [0.15, 0.2) is 0 Å². The lowest BCUT2D eigenvalue weighted by Gasteiger charge is -2.27. The first-order chi connectivity index (χ1) is 26.0. The number of nitrogens with one attached hydrogen (secondary N) is 1. The second-order valence-electron chi connectivity index (χ2n) is 16.1. The third kappa shape index (κ3) is 36.2. The summed E-state index contributed by atoms with van der Waals surface area (Å²) in [6.45, 7) is 4.02. The fraction of sp³-hybridized carbons (Fsp3) is 0.894. The molecule has 0 fully saturated rings. The maximum Gasteiger partial charge on any atom is 0.249 e. The lowest BCUT2D eigenvalue weighted by atomic mass is 10.00. The number of aliphatic hydroxyl groups is 4. The molecule has 0 bridgehead atoms. The lowest BCUT2D eigenvalue weighted by Crippen LogP contribution is -2.53. The van der Waals surface area contributed by atoms with E-state index in [1.165, 1.54) is 167 Å². The zero-order valence-corrected chi connectivity index (χ0v) is 35.3. The van der Waals surface area contributed by atoms with Crippen molar-refractivity contribution in [2.24, 2.45) is 0 Å². The number of amides is 1. The minimum Gasteiger partial charge on any atom is -0.394 e. The Morgan fingerprint density at radius 2 is 0.792 bits per heavy atom. The first-order valence-electron chi connectivity index (χ1n) is 23.2. The third-order valence-electron chi connectivity index (χ3n) is 10.9. The third-order valence-corrected chi connectivity index (χ3v) is 10.9. The van der Waals surface area contributed by atoms with E-state index in [1.54, 1.807) is 0 Å². The quantitative estimate of drug-likeness (QED) is 0.0315. The Morgan fingerprint density at radius 1 is 0.453 bits per heavy atom. The summed E-state index contributed by atoms with van der Waals surface area (Å²) in [5, 5.41) is 43.5. The average Bonchev–Trinajstić information content (AvgIpc) is 3.16. The van der Waals surface area contributed by atoms with E-state index >= 15 is 0 Å². The Hall–Kier alpha value is -1.21. The van der Waals surface area contributed by atoms with E-state index in [0.717, 1.165) is 38.5 Å². The van der Waals surface area contributed by atoms with Gasteiger partial charge < -0.3 is 25.7 Å². The molecule has 0 spiro atoms. The molecule has 314 valence electrons. The normalized spacial score (nSPS) is 14.3. The molecule has 0 heterocycles. The van der Waals surface area contributed by atoms with Gasteiger partial charge >= 0.3 is 0 Å². The monoisotopic (exact) mass is 750 g/mol. The van der Waals surface area contributed by atoms with E-state index in [0.29, 0.717) is 19.3 Å². The van der Waals surface area contributed by atoms with Crippen LogP contribution in [0.4, 0.5) is 0 Å². The Balaban J connectivity index is 3.69. The predicted octanol–water partition coefficient (Wildman–Crippen LogP) is 12.4. The Morgan fingerprint density at radius 3 is 1.19 bits per heavy atom. The van der Waals surface area contributed by atoms with E-state index in [2.05, 4.69) is 43.5 Å². The molecule has 4 unspecified atom stereocenters. The van der Waals surface area contributed by atoms with Crippen LogP contribution in [0.3, 0.4) is 0 Å². The minimum absolute atomic E-state index is 0.362. The van der Waals surface area contributed by atoms with Gasteiger partial charge in [-0.15, -0.1) is 0 Å². The van der Waals surface area contributed by atoms with Crippen molar-refractivity contribution in [2.75, 3.05) is 6.61 Å².